The van der Waals surface area contributed by atoms with Crippen molar-refractivity contribution in [2.24, 2.45) is 0 Å². The van der Waals surface area contributed by atoms with Crippen LogP contribution < -0.4 is 5.32 Å². The van der Waals surface area contributed by atoms with Crippen molar-refractivity contribution >= 4 is 11.9 Å². The van der Waals surface area contributed by atoms with Crippen LogP contribution in [0.3, 0.4) is 0 Å². The number of nitrogens with one attached hydrogen (secondary N) is 1. The topological polar surface area (TPSA) is 175 Å². The second kappa shape index (κ2) is 56.1. The fourth-order valence-corrected chi connectivity index (χ4v) is 9.52. The Morgan fingerprint density at radius 3 is 1.31 bits per heavy atom. The molecular formula is C69H119NO10. The molecule has 1 aliphatic heterocycles. The Bertz CT molecular complexity index is 1670. The van der Waals surface area contributed by atoms with Crippen LogP contribution >= 0.6 is 0 Å². The Hall–Kier alpha value is -3.42. The van der Waals surface area contributed by atoms with Gasteiger partial charge in [0, 0.05) is 6.42 Å². The fourth-order valence-electron chi connectivity index (χ4n) is 9.52. The molecule has 0 aromatic heterocycles. The summed E-state index contributed by atoms with van der Waals surface area (Å²) in [6.45, 7) is 5.71. The maximum Gasteiger partial charge on any atom is 0.306 e. The zero-order chi connectivity index (χ0) is 58.2. The third-order valence-electron chi connectivity index (χ3n) is 14.7. The van der Waals surface area contributed by atoms with Gasteiger partial charge in [0.15, 0.2) is 12.4 Å². The van der Waals surface area contributed by atoms with E-state index in [1.807, 2.05) is 6.08 Å². The maximum absolute atomic E-state index is 13.4. The molecule has 0 aromatic rings. The SMILES string of the molecule is CCCCC/C=C\C/C=C\C/C=C\C/C=C\CCCCC(O)C(=O)NC(COC1OC(CO)C(O)C(O)C1OC(=O)CCCCCCCCCC/C=C\C/C=C\C/C=C\CCCCC)C(O)/C=C/CCCCCCCCCCCC. The van der Waals surface area contributed by atoms with Gasteiger partial charge in [-0.25, -0.2) is 0 Å². The molecule has 0 spiro atoms. The molecule has 1 fully saturated rings. The van der Waals surface area contributed by atoms with Crippen molar-refractivity contribution in [2.75, 3.05) is 13.2 Å². The third-order valence-corrected chi connectivity index (χ3v) is 14.7. The number of rotatable bonds is 54. The summed E-state index contributed by atoms with van der Waals surface area (Å²) in [6, 6.07) is -1.05. The van der Waals surface area contributed by atoms with Crippen LogP contribution in [0.1, 0.15) is 265 Å². The average Bonchev–Trinajstić information content (AvgIpc) is 3.45. The summed E-state index contributed by atoms with van der Waals surface area (Å²) >= 11 is 0. The van der Waals surface area contributed by atoms with Crippen LogP contribution in [0.5, 0.6) is 0 Å². The molecule has 1 rings (SSSR count). The van der Waals surface area contributed by atoms with E-state index in [0.717, 1.165) is 109 Å². The summed E-state index contributed by atoms with van der Waals surface area (Å²) in [6.07, 6.45) is 64.3. The van der Waals surface area contributed by atoms with Gasteiger partial charge in [0.25, 0.3) is 0 Å². The Balaban J connectivity index is 2.68. The van der Waals surface area contributed by atoms with Gasteiger partial charge in [-0.05, 0) is 109 Å². The van der Waals surface area contributed by atoms with Crippen molar-refractivity contribution in [1.82, 2.24) is 5.32 Å². The van der Waals surface area contributed by atoms with E-state index in [4.69, 9.17) is 14.2 Å². The minimum Gasteiger partial charge on any atom is -0.454 e. The quantitative estimate of drug-likeness (QED) is 0.0195. The van der Waals surface area contributed by atoms with Gasteiger partial charge >= 0.3 is 5.97 Å². The van der Waals surface area contributed by atoms with Crippen molar-refractivity contribution in [2.45, 2.75) is 314 Å². The number of carbonyl (C=O) groups excluding carboxylic acids is 2. The number of carbonyl (C=O) groups is 2. The van der Waals surface area contributed by atoms with Crippen LogP contribution in [0, 0.1) is 0 Å². The molecule has 0 saturated carbocycles. The Labute approximate surface area is 488 Å². The Morgan fingerprint density at radius 2 is 0.863 bits per heavy atom. The molecule has 1 amide bonds. The molecule has 8 unspecified atom stereocenters. The summed E-state index contributed by atoms with van der Waals surface area (Å²) in [5.41, 5.74) is 0. The molecule has 1 heterocycles. The minimum atomic E-state index is -1.63. The van der Waals surface area contributed by atoms with Crippen molar-refractivity contribution in [3.05, 3.63) is 97.2 Å². The lowest BCUT2D eigenvalue weighted by Gasteiger charge is -2.41. The summed E-state index contributed by atoms with van der Waals surface area (Å²) < 4.78 is 17.6. The van der Waals surface area contributed by atoms with Gasteiger partial charge in [-0.1, -0.05) is 246 Å². The van der Waals surface area contributed by atoms with E-state index >= 15 is 0 Å². The van der Waals surface area contributed by atoms with Gasteiger partial charge in [-0.15, -0.1) is 0 Å². The van der Waals surface area contributed by atoms with Crippen LogP contribution in [0.15, 0.2) is 97.2 Å². The lowest BCUT2D eigenvalue weighted by Crippen LogP contribution is -2.61. The number of amides is 1. The number of unbranched alkanes of at least 4 members (excludes halogenated alkanes) is 26. The average molecular weight is 1120 g/mol. The minimum absolute atomic E-state index is 0.107. The van der Waals surface area contributed by atoms with E-state index in [0.29, 0.717) is 12.8 Å². The summed E-state index contributed by atoms with van der Waals surface area (Å²) in [4.78, 5) is 26.6. The normalized spacial score (nSPS) is 19.4. The van der Waals surface area contributed by atoms with E-state index in [-0.39, 0.29) is 19.4 Å². The van der Waals surface area contributed by atoms with Gasteiger partial charge in [0.2, 0.25) is 5.91 Å². The molecule has 11 nitrogen and oxygen atoms in total. The molecule has 0 aliphatic carbocycles. The summed E-state index contributed by atoms with van der Waals surface area (Å²) in [5, 5.41) is 57.0. The highest BCUT2D eigenvalue weighted by atomic mass is 16.7. The predicted octanol–water partition coefficient (Wildman–Crippen LogP) is 15.9. The molecule has 80 heavy (non-hydrogen) atoms. The largest absolute Gasteiger partial charge is 0.454 e. The lowest BCUT2D eigenvalue weighted by molar-refractivity contribution is -0.305. The van der Waals surface area contributed by atoms with E-state index < -0.39 is 67.4 Å². The first-order valence-corrected chi connectivity index (χ1v) is 32.5. The van der Waals surface area contributed by atoms with Gasteiger partial charge in [0.05, 0.1) is 25.4 Å². The lowest BCUT2D eigenvalue weighted by atomic mass is 9.99. The number of aliphatic hydroxyl groups excluding tert-OH is 5. The highest BCUT2D eigenvalue weighted by Crippen LogP contribution is 2.26. The van der Waals surface area contributed by atoms with E-state index in [2.05, 4.69) is 111 Å². The zero-order valence-electron chi connectivity index (χ0n) is 50.9. The predicted molar refractivity (Wildman–Crippen MR) is 333 cm³/mol. The summed E-state index contributed by atoms with van der Waals surface area (Å²) in [7, 11) is 0. The molecule has 0 bridgehead atoms. The van der Waals surface area contributed by atoms with Crippen molar-refractivity contribution in [3.8, 4) is 0 Å². The second-order valence-corrected chi connectivity index (χ2v) is 22.1. The first-order chi connectivity index (χ1) is 39.2. The monoisotopic (exact) mass is 1120 g/mol. The Morgan fingerprint density at radius 1 is 0.487 bits per heavy atom. The third kappa shape index (κ3) is 43.3. The number of esters is 1. The van der Waals surface area contributed by atoms with E-state index in [9.17, 15) is 35.1 Å². The van der Waals surface area contributed by atoms with Crippen molar-refractivity contribution in [1.29, 1.82) is 0 Å². The standard InChI is InChI=1S/C69H119NO10/c1-4-7-10-13-16-19-22-25-27-29-31-32-33-35-37-39-42-45-48-51-54-57-64(74)80-67-66(76)65(75)63(58-71)79-69(67)78-59-60(61(72)55-52-49-46-43-40-24-21-18-15-12-9-6-3)70-68(77)62(73)56-53-50-47-44-41-38-36-34-30-28-26-23-20-17-14-11-8-5-2/h16-17,19-20,25-28,31-32,34,36,41,44,52,55,60-63,65-67,69,71-73,75-76H,4-15,18,21-24,29-30,33,35,37-40,42-43,45-51,53-54,56-59H2,1-3H3,(H,70,77)/b19-16-,20-17-,27-25-,28-26-,32-31-,36-34-,44-41-,55-52+. The number of ether oxygens (including phenoxy) is 3. The molecule has 0 aromatic carbocycles. The first-order valence-electron chi connectivity index (χ1n) is 32.5. The molecule has 6 N–H and O–H groups in total. The van der Waals surface area contributed by atoms with Crippen LogP contribution in [-0.4, -0.2) is 99.6 Å². The van der Waals surface area contributed by atoms with Gasteiger partial charge < -0.3 is 45.1 Å². The van der Waals surface area contributed by atoms with Crippen molar-refractivity contribution in [3.63, 3.8) is 0 Å². The van der Waals surface area contributed by atoms with E-state index in [1.54, 1.807) is 6.08 Å². The van der Waals surface area contributed by atoms with Gasteiger partial charge in [-0.3, -0.25) is 9.59 Å². The van der Waals surface area contributed by atoms with Crippen LogP contribution in [-0.2, 0) is 23.8 Å². The van der Waals surface area contributed by atoms with Crippen LogP contribution in [0.4, 0.5) is 0 Å². The molecule has 8 atom stereocenters. The number of allylic oxidation sites excluding steroid dienone is 15. The second-order valence-electron chi connectivity index (χ2n) is 22.1. The number of hydrogen-bond acceptors (Lipinski definition) is 10. The van der Waals surface area contributed by atoms with Gasteiger partial charge in [-0.2, -0.15) is 0 Å². The summed E-state index contributed by atoms with van der Waals surface area (Å²) in [5.74, 6) is -1.24. The molecule has 1 aliphatic rings. The highest BCUT2D eigenvalue weighted by molar-refractivity contribution is 5.80. The van der Waals surface area contributed by atoms with Gasteiger partial charge in [0.1, 0.15) is 24.4 Å². The molecular weight excluding hydrogens is 1000 g/mol. The maximum atomic E-state index is 13.4. The molecule has 460 valence electrons. The van der Waals surface area contributed by atoms with Crippen molar-refractivity contribution < 1.29 is 49.3 Å². The molecule has 0 radical (unpaired) electrons. The van der Waals surface area contributed by atoms with E-state index in [1.165, 1.54) is 109 Å². The molecule has 11 heteroatoms. The fraction of sp³-hybridized carbons (Fsp3) is 0.739. The van der Waals surface area contributed by atoms with Crippen LogP contribution in [0.2, 0.25) is 0 Å². The number of aliphatic hydroxyl groups is 5. The Kier molecular flexibility index (Phi) is 52.3. The smallest absolute Gasteiger partial charge is 0.306 e. The first kappa shape index (κ1) is 74.6. The molecule has 1 saturated heterocycles. The van der Waals surface area contributed by atoms with Crippen LogP contribution in [0.25, 0.3) is 0 Å². The number of hydrogen-bond donors (Lipinski definition) is 6. The highest BCUT2D eigenvalue weighted by Gasteiger charge is 2.47. The zero-order valence-corrected chi connectivity index (χ0v) is 50.9.